The van der Waals surface area contributed by atoms with Crippen molar-refractivity contribution >= 4 is 6.21 Å². The summed E-state index contributed by atoms with van der Waals surface area (Å²) in [5, 5.41) is 0. The highest BCUT2D eigenvalue weighted by atomic mass is 14.7. The van der Waals surface area contributed by atoms with Crippen molar-refractivity contribution < 1.29 is 0 Å². The number of terminal acetylenes is 1. The molecule has 0 aliphatic carbocycles. The van der Waals surface area contributed by atoms with Gasteiger partial charge in [-0.05, 0) is 11.5 Å². The van der Waals surface area contributed by atoms with E-state index in [0.29, 0.717) is 12.3 Å². The van der Waals surface area contributed by atoms with E-state index in [1.807, 2.05) is 6.21 Å². The zero-order valence-electron chi connectivity index (χ0n) is 6.17. The van der Waals surface area contributed by atoms with Crippen LogP contribution in [0.2, 0.25) is 0 Å². The summed E-state index contributed by atoms with van der Waals surface area (Å²) in [6.07, 6.45) is 9.93. The molecule has 1 nitrogen and oxygen atoms in total. The van der Waals surface area contributed by atoms with Gasteiger partial charge in [-0.15, -0.1) is 12.3 Å². The molecule has 0 radical (unpaired) electrons. The minimum Gasteiger partial charge on any atom is -0.292 e. The lowest BCUT2D eigenvalue weighted by molar-refractivity contribution is 0.729. The fourth-order valence-corrected chi connectivity index (χ4v) is 1.02. The molecule has 0 N–H and O–H groups in total. The van der Waals surface area contributed by atoms with Crippen molar-refractivity contribution in [2.24, 2.45) is 10.9 Å². The minimum absolute atomic E-state index is 0.563. The average molecular weight is 133 g/mol. The second-order valence-electron chi connectivity index (χ2n) is 2.59. The summed E-state index contributed by atoms with van der Waals surface area (Å²) in [5.74, 6) is 3.16. The van der Waals surface area contributed by atoms with Gasteiger partial charge in [0.05, 0.1) is 0 Å². The van der Waals surface area contributed by atoms with Gasteiger partial charge < -0.3 is 0 Å². The predicted octanol–water partition coefficient (Wildman–Crippen LogP) is 1.66. The molecule has 1 heteroatoms. The van der Waals surface area contributed by atoms with E-state index < -0.39 is 0 Å². The van der Waals surface area contributed by atoms with Crippen LogP contribution in [0.25, 0.3) is 0 Å². The van der Waals surface area contributed by atoms with E-state index in [-0.39, 0.29) is 0 Å². The Hall–Kier alpha value is -1.03. The lowest BCUT2D eigenvalue weighted by Crippen LogP contribution is -2.03. The second-order valence-corrected chi connectivity index (χ2v) is 2.59. The molecule has 1 rings (SSSR count). The third-order valence-corrected chi connectivity index (χ3v) is 1.46. The Labute approximate surface area is 61.9 Å². The van der Waals surface area contributed by atoms with Gasteiger partial charge in [-0.25, -0.2) is 0 Å². The van der Waals surface area contributed by atoms with Gasteiger partial charge in [0.1, 0.15) is 0 Å². The van der Waals surface area contributed by atoms with E-state index in [1.165, 1.54) is 5.57 Å². The van der Waals surface area contributed by atoms with Crippen molar-refractivity contribution in [1.82, 2.24) is 0 Å². The highest BCUT2D eigenvalue weighted by molar-refractivity contribution is 5.80. The zero-order chi connectivity index (χ0) is 7.40. The van der Waals surface area contributed by atoms with Crippen LogP contribution in [0.1, 0.15) is 13.3 Å². The Morgan fingerprint density at radius 2 is 2.70 bits per heavy atom. The van der Waals surface area contributed by atoms with Gasteiger partial charge in [-0.2, -0.15) is 0 Å². The van der Waals surface area contributed by atoms with E-state index in [9.17, 15) is 0 Å². The Bertz CT molecular complexity index is 205. The van der Waals surface area contributed by atoms with Crippen LogP contribution in [0.4, 0.5) is 0 Å². The molecular weight excluding hydrogens is 122 g/mol. The highest BCUT2D eigenvalue weighted by Gasteiger charge is 2.02. The lowest BCUT2D eigenvalue weighted by Gasteiger charge is -2.08. The molecule has 0 amide bonds. The molecule has 1 atom stereocenters. The Morgan fingerprint density at radius 1 is 1.90 bits per heavy atom. The molecular formula is C9H11N. The second kappa shape index (κ2) is 3.22. The SMILES string of the molecule is C#CCC1=CC(C)CN=C1. The standard InChI is InChI=1S/C9H11N/c1-3-4-9-5-8(2)6-10-7-9/h1,5,7-8H,4,6H2,2H3. The van der Waals surface area contributed by atoms with Crippen molar-refractivity contribution in [3.8, 4) is 12.3 Å². The summed E-state index contributed by atoms with van der Waals surface area (Å²) >= 11 is 0. The molecule has 52 valence electrons. The lowest BCUT2D eigenvalue weighted by atomic mass is 10.0. The van der Waals surface area contributed by atoms with Crippen molar-refractivity contribution in [1.29, 1.82) is 0 Å². The average Bonchev–Trinajstić information content (AvgIpc) is 1.88. The fraction of sp³-hybridized carbons (Fsp3) is 0.444. The van der Waals surface area contributed by atoms with E-state index in [2.05, 4.69) is 23.9 Å². The molecule has 0 saturated carbocycles. The molecule has 1 aliphatic rings. The summed E-state index contributed by atoms with van der Waals surface area (Å²) in [7, 11) is 0. The number of hydrogen-bond donors (Lipinski definition) is 0. The van der Waals surface area contributed by atoms with Crippen LogP contribution in [-0.4, -0.2) is 12.8 Å². The molecule has 0 saturated heterocycles. The number of nitrogens with zero attached hydrogens (tertiary/aromatic N) is 1. The fourth-order valence-electron chi connectivity index (χ4n) is 1.02. The summed E-state index contributed by atoms with van der Waals surface area (Å²) in [4.78, 5) is 4.17. The Kier molecular flexibility index (Phi) is 2.28. The van der Waals surface area contributed by atoms with Gasteiger partial charge in [-0.1, -0.05) is 13.0 Å². The summed E-state index contributed by atoms with van der Waals surface area (Å²) < 4.78 is 0. The molecule has 1 aliphatic heterocycles. The molecule has 10 heavy (non-hydrogen) atoms. The van der Waals surface area contributed by atoms with Crippen molar-refractivity contribution in [3.05, 3.63) is 11.6 Å². The first-order valence-corrected chi connectivity index (χ1v) is 3.47. The Morgan fingerprint density at radius 3 is 3.30 bits per heavy atom. The quantitative estimate of drug-likeness (QED) is 0.482. The maximum Gasteiger partial charge on any atom is 0.0449 e. The third-order valence-electron chi connectivity index (χ3n) is 1.46. The summed E-state index contributed by atoms with van der Waals surface area (Å²) in [6.45, 7) is 3.06. The van der Waals surface area contributed by atoms with Crippen LogP contribution in [0, 0.1) is 18.3 Å². The van der Waals surface area contributed by atoms with Crippen LogP contribution >= 0.6 is 0 Å². The van der Waals surface area contributed by atoms with Crippen LogP contribution in [0.3, 0.4) is 0 Å². The van der Waals surface area contributed by atoms with E-state index in [1.54, 1.807) is 0 Å². The molecule has 0 aromatic heterocycles. The van der Waals surface area contributed by atoms with Gasteiger partial charge >= 0.3 is 0 Å². The molecule has 1 unspecified atom stereocenters. The van der Waals surface area contributed by atoms with E-state index >= 15 is 0 Å². The van der Waals surface area contributed by atoms with Gasteiger partial charge in [0.15, 0.2) is 0 Å². The highest BCUT2D eigenvalue weighted by Crippen LogP contribution is 2.09. The molecule has 0 fully saturated rings. The first kappa shape index (κ1) is 7.08. The van der Waals surface area contributed by atoms with Crippen LogP contribution in [0.5, 0.6) is 0 Å². The topological polar surface area (TPSA) is 12.4 Å². The normalized spacial score (nSPS) is 23.6. The summed E-state index contributed by atoms with van der Waals surface area (Å²) in [6, 6.07) is 0. The molecule has 1 heterocycles. The monoisotopic (exact) mass is 133 g/mol. The minimum atomic E-state index is 0.563. The van der Waals surface area contributed by atoms with Crippen LogP contribution in [-0.2, 0) is 0 Å². The number of dihydropyridines is 1. The van der Waals surface area contributed by atoms with Gasteiger partial charge in [-0.3, -0.25) is 4.99 Å². The van der Waals surface area contributed by atoms with Crippen molar-refractivity contribution in [2.45, 2.75) is 13.3 Å². The molecule has 0 aromatic carbocycles. The van der Waals surface area contributed by atoms with Crippen LogP contribution in [0.15, 0.2) is 16.6 Å². The molecule has 0 aromatic rings. The molecule has 0 spiro atoms. The van der Waals surface area contributed by atoms with E-state index in [4.69, 9.17) is 6.42 Å². The van der Waals surface area contributed by atoms with Gasteiger partial charge in [0, 0.05) is 19.2 Å². The molecule has 0 bridgehead atoms. The number of hydrogen-bond acceptors (Lipinski definition) is 1. The third kappa shape index (κ3) is 1.73. The predicted molar refractivity (Wildman–Crippen MR) is 44.1 cm³/mol. The van der Waals surface area contributed by atoms with Crippen molar-refractivity contribution in [3.63, 3.8) is 0 Å². The summed E-state index contributed by atoms with van der Waals surface area (Å²) in [5.41, 5.74) is 1.18. The van der Waals surface area contributed by atoms with E-state index in [0.717, 1.165) is 6.54 Å². The number of aliphatic imine (C=N–C) groups is 1. The maximum absolute atomic E-state index is 5.15. The number of rotatable bonds is 1. The smallest absolute Gasteiger partial charge is 0.0449 e. The Balaban J connectivity index is 2.59. The van der Waals surface area contributed by atoms with Crippen molar-refractivity contribution in [2.75, 3.05) is 6.54 Å². The zero-order valence-corrected chi connectivity index (χ0v) is 6.17. The number of allylic oxidation sites excluding steroid dienone is 1. The van der Waals surface area contributed by atoms with Crippen LogP contribution < -0.4 is 0 Å². The van der Waals surface area contributed by atoms with Gasteiger partial charge in [0.25, 0.3) is 0 Å². The van der Waals surface area contributed by atoms with Gasteiger partial charge in [0.2, 0.25) is 0 Å². The first-order valence-electron chi connectivity index (χ1n) is 3.47. The largest absolute Gasteiger partial charge is 0.292 e. The first-order chi connectivity index (χ1) is 4.83. The maximum atomic E-state index is 5.15.